The molecule has 1 aromatic carbocycles. The van der Waals surface area contributed by atoms with E-state index in [9.17, 15) is 9.90 Å². The maximum Gasteiger partial charge on any atom is 0.103 e. The topological polar surface area (TPSA) is 44.6 Å². The highest BCUT2D eigenvalue weighted by Gasteiger charge is 2.07. The molecule has 0 heterocycles. The van der Waals surface area contributed by atoms with Crippen molar-refractivity contribution in [3.8, 4) is 0 Å². The molecule has 0 aliphatic heterocycles. The number of benzene rings is 1. The Morgan fingerprint density at radius 1 is 1.33 bits per heavy atom. The molecular formula is C12H17NO2. The highest BCUT2D eigenvalue weighted by Crippen LogP contribution is 2.02. The third-order valence-electron chi connectivity index (χ3n) is 2.66. The van der Waals surface area contributed by atoms with Crippen molar-refractivity contribution in [2.24, 2.45) is 0 Å². The third-order valence-corrected chi connectivity index (χ3v) is 2.66. The van der Waals surface area contributed by atoms with Crippen molar-refractivity contribution >= 4 is 5.97 Å². The molecule has 82 valence electrons. The van der Waals surface area contributed by atoms with Gasteiger partial charge in [0, 0.05) is 5.56 Å². The van der Waals surface area contributed by atoms with Crippen LogP contribution in [0.3, 0.4) is 0 Å². The first-order chi connectivity index (χ1) is 7.00. The van der Waals surface area contributed by atoms with Gasteiger partial charge in [-0.1, -0.05) is 24.3 Å². The molecule has 0 saturated heterocycles. The number of carboxylic acid groups (broad SMARTS) is 1. The Morgan fingerprint density at radius 2 is 1.87 bits per heavy atom. The van der Waals surface area contributed by atoms with Gasteiger partial charge in [0.25, 0.3) is 0 Å². The maximum atomic E-state index is 10.5. The molecule has 1 aromatic rings. The Morgan fingerprint density at radius 3 is 2.27 bits per heavy atom. The molecule has 3 nitrogen and oxygen atoms in total. The van der Waals surface area contributed by atoms with E-state index in [1.807, 2.05) is 12.1 Å². The van der Waals surface area contributed by atoms with Gasteiger partial charge >= 0.3 is 0 Å². The van der Waals surface area contributed by atoms with E-state index in [1.165, 1.54) is 4.90 Å². The number of carboxylic acids is 1. The summed E-state index contributed by atoms with van der Waals surface area (Å²) >= 11 is 0. The molecule has 15 heavy (non-hydrogen) atoms. The molecule has 0 aliphatic rings. The second-order valence-corrected chi connectivity index (χ2v) is 4.16. The second kappa shape index (κ2) is 4.94. The summed E-state index contributed by atoms with van der Waals surface area (Å²) in [7, 11) is 2.12. The van der Waals surface area contributed by atoms with Crippen LogP contribution in [0, 0.1) is 0 Å². The van der Waals surface area contributed by atoms with Crippen LogP contribution < -0.4 is 10.0 Å². The Kier molecular flexibility index (Phi) is 3.86. The number of carbonyl (C=O) groups excluding carboxylic acids is 1. The SMILES string of the molecule is CC(C)[NH+](C)Cc1ccc(C(=O)[O-])cc1. The second-order valence-electron chi connectivity index (χ2n) is 4.16. The van der Waals surface area contributed by atoms with Crippen molar-refractivity contribution in [1.29, 1.82) is 0 Å². The molecule has 1 atom stereocenters. The molecule has 3 heteroatoms. The Labute approximate surface area is 90.3 Å². The van der Waals surface area contributed by atoms with E-state index < -0.39 is 5.97 Å². The number of aromatic carboxylic acids is 1. The lowest BCUT2D eigenvalue weighted by Gasteiger charge is -2.18. The molecule has 1 unspecified atom stereocenters. The lowest BCUT2D eigenvalue weighted by molar-refractivity contribution is -0.915. The van der Waals surface area contributed by atoms with Crippen LogP contribution in [0.1, 0.15) is 29.8 Å². The number of hydrogen-bond acceptors (Lipinski definition) is 2. The summed E-state index contributed by atoms with van der Waals surface area (Å²) in [5.41, 5.74) is 1.38. The van der Waals surface area contributed by atoms with Crippen LogP contribution in [0.4, 0.5) is 0 Å². The fraction of sp³-hybridized carbons (Fsp3) is 0.417. The van der Waals surface area contributed by atoms with Crippen molar-refractivity contribution in [3.63, 3.8) is 0 Å². The fourth-order valence-corrected chi connectivity index (χ4v) is 1.28. The standard InChI is InChI=1S/C12H17NO2/c1-9(2)13(3)8-10-4-6-11(7-5-10)12(14)15/h4-7,9H,8H2,1-3H3,(H,14,15). The first kappa shape index (κ1) is 11.7. The van der Waals surface area contributed by atoms with Gasteiger partial charge < -0.3 is 14.8 Å². The monoisotopic (exact) mass is 207 g/mol. The number of hydrogen-bond donors (Lipinski definition) is 1. The normalized spacial score (nSPS) is 12.8. The van der Waals surface area contributed by atoms with Crippen molar-refractivity contribution < 1.29 is 14.8 Å². The zero-order chi connectivity index (χ0) is 11.4. The largest absolute Gasteiger partial charge is 0.545 e. The molecule has 1 N–H and O–H groups in total. The lowest BCUT2D eigenvalue weighted by Crippen LogP contribution is -3.10. The molecule has 0 saturated carbocycles. The van der Waals surface area contributed by atoms with Gasteiger partial charge in [0.05, 0.1) is 19.1 Å². The summed E-state index contributed by atoms with van der Waals surface area (Å²) in [6.45, 7) is 5.22. The highest BCUT2D eigenvalue weighted by atomic mass is 16.4. The van der Waals surface area contributed by atoms with Crippen molar-refractivity contribution in [2.45, 2.75) is 26.4 Å². The van der Waals surface area contributed by atoms with Crippen LogP contribution in [0.2, 0.25) is 0 Å². The van der Waals surface area contributed by atoms with Gasteiger partial charge in [0.2, 0.25) is 0 Å². The van der Waals surface area contributed by atoms with Gasteiger partial charge in [-0.3, -0.25) is 0 Å². The van der Waals surface area contributed by atoms with Crippen LogP contribution in [0.5, 0.6) is 0 Å². The summed E-state index contributed by atoms with van der Waals surface area (Å²) in [4.78, 5) is 11.9. The number of rotatable bonds is 4. The lowest BCUT2D eigenvalue weighted by atomic mass is 10.1. The summed E-state index contributed by atoms with van der Waals surface area (Å²) < 4.78 is 0. The third kappa shape index (κ3) is 3.36. The van der Waals surface area contributed by atoms with Crippen molar-refractivity contribution in [2.75, 3.05) is 7.05 Å². The molecule has 0 aromatic heterocycles. The summed E-state index contributed by atoms with van der Waals surface area (Å²) in [6.07, 6.45) is 0. The molecule has 0 radical (unpaired) electrons. The van der Waals surface area contributed by atoms with Crippen LogP contribution in [-0.2, 0) is 6.54 Å². The first-order valence-corrected chi connectivity index (χ1v) is 5.13. The average molecular weight is 207 g/mol. The molecule has 0 spiro atoms. The van der Waals surface area contributed by atoms with Crippen LogP contribution in [-0.4, -0.2) is 19.1 Å². The minimum absolute atomic E-state index is 0.237. The average Bonchev–Trinajstić information content (AvgIpc) is 2.18. The van der Waals surface area contributed by atoms with Gasteiger partial charge in [0.15, 0.2) is 0 Å². The van der Waals surface area contributed by atoms with Gasteiger partial charge in [0.1, 0.15) is 6.54 Å². The summed E-state index contributed by atoms with van der Waals surface area (Å²) in [5, 5.41) is 10.5. The quantitative estimate of drug-likeness (QED) is 0.721. The number of carbonyl (C=O) groups is 1. The minimum Gasteiger partial charge on any atom is -0.545 e. The zero-order valence-corrected chi connectivity index (χ0v) is 9.41. The van der Waals surface area contributed by atoms with E-state index in [4.69, 9.17) is 0 Å². The van der Waals surface area contributed by atoms with E-state index in [0.717, 1.165) is 12.1 Å². The number of quaternary nitrogens is 1. The molecular weight excluding hydrogens is 190 g/mol. The summed E-state index contributed by atoms with van der Waals surface area (Å²) in [5.74, 6) is -1.12. The Bertz CT molecular complexity index is 330. The van der Waals surface area contributed by atoms with E-state index in [2.05, 4.69) is 20.9 Å². The van der Waals surface area contributed by atoms with E-state index in [1.54, 1.807) is 12.1 Å². The van der Waals surface area contributed by atoms with Gasteiger partial charge in [-0.05, 0) is 19.4 Å². The minimum atomic E-state index is -1.12. The number of nitrogens with one attached hydrogen (secondary N) is 1. The van der Waals surface area contributed by atoms with Crippen molar-refractivity contribution in [3.05, 3.63) is 35.4 Å². The molecule has 0 fully saturated rings. The van der Waals surface area contributed by atoms with E-state index >= 15 is 0 Å². The van der Waals surface area contributed by atoms with Crippen LogP contribution in [0.15, 0.2) is 24.3 Å². The van der Waals surface area contributed by atoms with Crippen LogP contribution >= 0.6 is 0 Å². The Balaban J connectivity index is 2.68. The van der Waals surface area contributed by atoms with Gasteiger partial charge in [-0.2, -0.15) is 0 Å². The highest BCUT2D eigenvalue weighted by molar-refractivity contribution is 5.85. The summed E-state index contributed by atoms with van der Waals surface area (Å²) in [6, 6.07) is 7.44. The van der Waals surface area contributed by atoms with Gasteiger partial charge in [-0.15, -0.1) is 0 Å². The Hall–Kier alpha value is -1.35. The predicted molar refractivity (Wildman–Crippen MR) is 56.5 cm³/mol. The molecule has 0 aliphatic carbocycles. The molecule has 0 bridgehead atoms. The zero-order valence-electron chi connectivity index (χ0n) is 9.41. The molecule has 1 rings (SSSR count). The first-order valence-electron chi connectivity index (χ1n) is 5.13. The van der Waals surface area contributed by atoms with Crippen LogP contribution in [0.25, 0.3) is 0 Å². The van der Waals surface area contributed by atoms with Gasteiger partial charge in [-0.25, -0.2) is 0 Å². The van der Waals surface area contributed by atoms with E-state index in [0.29, 0.717) is 6.04 Å². The van der Waals surface area contributed by atoms with Crippen molar-refractivity contribution in [1.82, 2.24) is 0 Å². The van der Waals surface area contributed by atoms with E-state index in [-0.39, 0.29) is 5.56 Å². The smallest absolute Gasteiger partial charge is 0.103 e. The fourth-order valence-electron chi connectivity index (χ4n) is 1.28. The maximum absolute atomic E-state index is 10.5. The predicted octanol–water partition coefficient (Wildman–Crippen LogP) is -0.527. The molecule has 0 amide bonds.